The van der Waals surface area contributed by atoms with Crippen molar-refractivity contribution in [1.82, 2.24) is 0 Å². The van der Waals surface area contributed by atoms with Crippen LogP contribution in [-0.2, 0) is 6.18 Å². The number of alkyl halides is 3. The summed E-state index contributed by atoms with van der Waals surface area (Å²) in [5, 5.41) is 33.0. The highest BCUT2D eigenvalue weighted by Gasteiger charge is 2.44. The van der Waals surface area contributed by atoms with Crippen molar-refractivity contribution in [3.05, 3.63) is 44.5 Å². The minimum atomic E-state index is -5.11. The number of thiocyanates is 1. The standard InChI is InChI=1S/C14H13F3N4O4S/c1-3-5-19(6-4-2)11-10(20(22)23)7-9(14(15,16)17)13(26-8-18)12(11)21(24)25/h3,7H,1,4-6H2,2H3. The van der Waals surface area contributed by atoms with E-state index in [4.69, 9.17) is 5.26 Å². The number of hydrogen-bond donors (Lipinski definition) is 0. The van der Waals surface area contributed by atoms with Gasteiger partial charge in [0, 0.05) is 19.2 Å². The lowest BCUT2D eigenvalue weighted by molar-refractivity contribution is -0.394. The average Bonchev–Trinajstić information content (AvgIpc) is 2.52. The summed E-state index contributed by atoms with van der Waals surface area (Å²) in [7, 11) is 0. The normalized spacial score (nSPS) is 10.9. The Morgan fingerprint density at radius 2 is 2.00 bits per heavy atom. The van der Waals surface area contributed by atoms with Crippen LogP contribution in [0.25, 0.3) is 0 Å². The number of anilines is 1. The molecule has 0 heterocycles. The molecule has 0 bridgehead atoms. The number of benzene rings is 1. The highest BCUT2D eigenvalue weighted by Crippen LogP contribution is 2.50. The van der Waals surface area contributed by atoms with Crippen molar-refractivity contribution in [3.63, 3.8) is 0 Å². The largest absolute Gasteiger partial charge is 0.418 e. The predicted octanol–water partition coefficient (Wildman–Crippen LogP) is 4.50. The number of nitro groups is 2. The van der Waals surface area contributed by atoms with E-state index >= 15 is 0 Å². The molecule has 0 fully saturated rings. The van der Waals surface area contributed by atoms with E-state index in [0.29, 0.717) is 6.42 Å². The number of nitro benzene ring substituents is 2. The van der Waals surface area contributed by atoms with Crippen LogP contribution in [0, 0.1) is 30.9 Å². The van der Waals surface area contributed by atoms with Gasteiger partial charge in [-0.15, -0.1) is 6.58 Å². The van der Waals surface area contributed by atoms with E-state index in [1.165, 1.54) is 16.4 Å². The van der Waals surface area contributed by atoms with Gasteiger partial charge in [-0.2, -0.15) is 18.4 Å². The van der Waals surface area contributed by atoms with Crippen molar-refractivity contribution in [1.29, 1.82) is 5.26 Å². The molecule has 0 saturated carbocycles. The average molecular weight is 390 g/mol. The predicted molar refractivity (Wildman–Crippen MR) is 88.9 cm³/mol. The first-order chi connectivity index (χ1) is 12.1. The van der Waals surface area contributed by atoms with Crippen molar-refractivity contribution in [2.45, 2.75) is 24.4 Å². The molecule has 0 saturated heterocycles. The molecule has 1 rings (SSSR count). The quantitative estimate of drug-likeness (QED) is 0.211. The van der Waals surface area contributed by atoms with Crippen molar-refractivity contribution >= 4 is 28.8 Å². The van der Waals surface area contributed by atoms with Crippen LogP contribution in [0.4, 0.5) is 30.2 Å². The molecule has 26 heavy (non-hydrogen) atoms. The fourth-order valence-electron chi connectivity index (χ4n) is 2.33. The van der Waals surface area contributed by atoms with Crippen LogP contribution in [0.5, 0.6) is 0 Å². The molecule has 0 amide bonds. The van der Waals surface area contributed by atoms with E-state index in [1.54, 1.807) is 6.92 Å². The zero-order valence-electron chi connectivity index (χ0n) is 13.4. The molecule has 140 valence electrons. The number of hydrogen-bond acceptors (Lipinski definition) is 7. The smallest absolute Gasteiger partial charge is 0.357 e. The van der Waals surface area contributed by atoms with Gasteiger partial charge in [0.05, 0.1) is 15.4 Å². The van der Waals surface area contributed by atoms with Crippen molar-refractivity contribution in [3.8, 4) is 5.40 Å². The van der Waals surface area contributed by atoms with Crippen molar-refractivity contribution in [2.24, 2.45) is 0 Å². The molecule has 1 aromatic carbocycles. The Morgan fingerprint density at radius 3 is 2.38 bits per heavy atom. The van der Waals surface area contributed by atoms with Gasteiger partial charge in [0.2, 0.25) is 0 Å². The SMILES string of the molecule is C=CCN(CCC)c1c([N+](=O)[O-])cc(C(F)(F)F)c(SC#N)c1[N+](=O)[O-]. The Bertz CT molecular complexity index is 777. The summed E-state index contributed by atoms with van der Waals surface area (Å²) in [6.45, 7) is 5.20. The van der Waals surface area contributed by atoms with Gasteiger partial charge in [-0.25, -0.2) is 0 Å². The third-order valence-corrected chi connectivity index (χ3v) is 3.91. The first-order valence-electron chi connectivity index (χ1n) is 7.08. The van der Waals surface area contributed by atoms with Gasteiger partial charge < -0.3 is 4.90 Å². The van der Waals surface area contributed by atoms with E-state index in [2.05, 4.69) is 6.58 Å². The summed E-state index contributed by atoms with van der Waals surface area (Å²) >= 11 is -0.0593. The Labute approximate surface area is 150 Å². The summed E-state index contributed by atoms with van der Waals surface area (Å²) in [5.41, 5.74) is -4.34. The van der Waals surface area contributed by atoms with Crippen molar-refractivity contribution in [2.75, 3.05) is 18.0 Å². The van der Waals surface area contributed by atoms with E-state index in [1.807, 2.05) is 0 Å². The Kier molecular flexibility index (Phi) is 6.96. The van der Waals surface area contributed by atoms with Crippen LogP contribution >= 0.6 is 11.8 Å². The Morgan fingerprint density at radius 1 is 1.38 bits per heavy atom. The maximum Gasteiger partial charge on any atom is 0.418 e. The van der Waals surface area contributed by atoms with Crippen LogP contribution in [0.3, 0.4) is 0 Å². The van der Waals surface area contributed by atoms with Gasteiger partial charge in [0.15, 0.2) is 5.69 Å². The highest BCUT2D eigenvalue weighted by atomic mass is 32.2. The first kappa shape index (κ1) is 21.2. The monoisotopic (exact) mass is 390 g/mol. The van der Waals surface area contributed by atoms with Crippen molar-refractivity contribution < 1.29 is 23.0 Å². The third-order valence-electron chi connectivity index (χ3n) is 3.20. The molecule has 0 radical (unpaired) electrons. The van der Waals surface area contributed by atoms with Gasteiger partial charge in [0.1, 0.15) is 10.3 Å². The van der Waals surface area contributed by atoms with Gasteiger partial charge in [-0.05, 0) is 18.2 Å². The molecule has 0 aliphatic rings. The molecule has 0 spiro atoms. The summed E-state index contributed by atoms with van der Waals surface area (Å²) in [4.78, 5) is 20.9. The van der Waals surface area contributed by atoms with Crippen LogP contribution < -0.4 is 4.90 Å². The fourth-order valence-corrected chi connectivity index (χ4v) is 2.97. The zero-order chi connectivity index (χ0) is 20.1. The molecule has 1 aromatic rings. The van der Waals surface area contributed by atoms with Gasteiger partial charge in [-0.1, -0.05) is 13.0 Å². The lowest BCUT2D eigenvalue weighted by atomic mass is 10.1. The van der Waals surface area contributed by atoms with Gasteiger partial charge >= 0.3 is 11.9 Å². The Hall–Kier alpha value is -2.81. The third kappa shape index (κ3) is 4.42. The maximum atomic E-state index is 13.3. The molecule has 8 nitrogen and oxygen atoms in total. The molecule has 0 unspecified atom stereocenters. The fraction of sp³-hybridized carbons (Fsp3) is 0.357. The Balaban J connectivity index is 4.05. The van der Waals surface area contributed by atoms with Gasteiger partial charge in [-0.3, -0.25) is 20.2 Å². The minimum Gasteiger partial charge on any atom is -0.357 e. The number of rotatable bonds is 8. The molecule has 0 aliphatic heterocycles. The number of halogens is 3. The maximum absolute atomic E-state index is 13.3. The molecular weight excluding hydrogens is 377 g/mol. The second-order valence-corrected chi connectivity index (χ2v) is 5.70. The molecule has 0 atom stereocenters. The lowest BCUT2D eigenvalue weighted by Crippen LogP contribution is -2.26. The van der Waals surface area contributed by atoms with E-state index < -0.39 is 43.5 Å². The first-order valence-corrected chi connectivity index (χ1v) is 7.90. The lowest BCUT2D eigenvalue weighted by Gasteiger charge is -2.24. The second kappa shape index (κ2) is 8.52. The minimum absolute atomic E-state index is 0.0580. The number of nitrogens with zero attached hydrogens (tertiary/aromatic N) is 4. The summed E-state index contributed by atoms with van der Waals surface area (Å²) in [6.07, 6.45) is -3.37. The number of nitriles is 1. The van der Waals surface area contributed by atoms with E-state index in [0.717, 1.165) is 0 Å². The zero-order valence-corrected chi connectivity index (χ0v) is 14.3. The summed E-state index contributed by atoms with van der Waals surface area (Å²) < 4.78 is 39.9. The van der Waals surface area contributed by atoms with Crippen LogP contribution in [0.15, 0.2) is 23.6 Å². The van der Waals surface area contributed by atoms with E-state index in [-0.39, 0.29) is 30.9 Å². The molecule has 0 aliphatic carbocycles. The molecule has 0 aromatic heterocycles. The highest BCUT2D eigenvalue weighted by molar-refractivity contribution is 8.04. The summed E-state index contributed by atoms with van der Waals surface area (Å²) in [5.74, 6) is 0. The van der Waals surface area contributed by atoms with Gasteiger partial charge in [0.25, 0.3) is 5.69 Å². The summed E-state index contributed by atoms with van der Waals surface area (Å²) in [6, 6.07) is 0.230. The van der Waals surface area contributed by atoms with E-state index in [9.17, 15) is 33.4 Å². The molecule has 12 heteroatoms. The van der Waals surface area contributed by atoms with Crippen LogP contribution in [-0.4, -0.2) is 22.9 Å². The van der Waals surface area contributed by atoms with Crippen LogP contribution in [0.2, 0.25) is 0 Å². The number of thioether (sulfide) groups is 1. The molecular formula is C14H13F3N4O4S. The topological polar surface area (TPSA) is 113 Å². The van der Waals surface area contributed by atoms with Crippen LogP contribution in [0.1, 0.15) is 18.9 Å². The second-order valence-electron chi connectivity index (χ2n) is 4.91. The molecule has 0 N–H and O–H groups in total.